The molecule has 0 aromatic rings. The Balaban J connectivity index is 2.33. The van der Waals surface area contributed by atoms with Gasteiger partial charge >= 0.3 is 0 Å². The third-order valence-corrected chi connectivity index (χ3v) is 1.97. The fourth-order valence-corrected chi connectivity index (χ4v) is 1.35. The predicted molar refractivity (Wildman–Crippen MR) is 40.2 cm³/mol. The molecule has 0 amide bonds. The zero-order chi connectivity index (χ0) is 6.91. The van der Waals surface area contributed by atoms with E-state index in [0.29, 0.717) is 5.54 Å². The van der Waals surface area contributed by atoms with Crippen molar-refractivity contribution in [2.75, 3.05) is 0 Å². The summed E-state index contributed by atoms with van der Waals surface area (Å²) in [5.74, 6) is 0. The first-order valence-corrected chi connectivity index (χ1v) is 3.56. The highest BCUT2D eigenvalue weighted by atomic mass is 15.0. The number of allylic oxidation sites excluding steroid dienone is 1. The summed E-state index contributed by atoms with van der Waals surface area (Å²) in [4.78, 5) is 0. The average molecular weight is 125 g/mol. The molecule has 0 radical (unpaired) electrons. The van der Waals surface area contributed by atoms with Gasteiger partial charge in [0.1, 0.15) is 0 Å². The quantitative estimate of drug-likeness (QED) is 0.595. The largest absolute Gasteiger partial charge is 0.384 e. The molecule has 0 heterocycles. The van der Waals surface area contributed by atoms with E-state index in [0.717, 1.165) is 5.70 Å². The number of rotatable bonds is 2. The molecule has 1 rings (SSSR count). The molecule has 1 saturated carbocycles. The van der Waals surface area contributed by atoms with E-state index in [-0.39, 0.29) is 0 Å². The summed E-state index contributed by atoms with van der Waals surface area (Å²) >= 11 is 0. The van der Waals surface area contributed by atoms with Gasteiger partial charge in [0.2, 0.25) is 0 Å². The summed E-state index contributed by atoms with van der Waals surface area (Å²) in [6, 6.07) is 0. The molecule has 0 spiro atoms. The summed E-state index contributed by atoms with van der Waals surface area (Å²) in [7, 11) is 0. The van der Waals surface area contributed by atoms with E-state index >= 15 is 0 Å². The van der Waals surface area contributed by atoms with Gasteiger partial charge in [-0.2, -0.15) is 0 Å². The van der Waals surface area contributed by atoms with Crippen molar-refractivity contribution in [1.82, 2.24) is 5.32 Å². The van der Waals surface area contributed by atoms with Crippen LogP contribution in [0.3, 0.4) is 0 Å². The van der Waals surface area contributed by atoms with Crippen molar-refractivity contribution in [2.24, 2.45) is 0 Å². The minimum absolute atomic E-state index is 0.395. The van der Waals surface area contributed by atoms with Crippen LogP contribution in [0.25, 0.3) is 0 Å². The fraction of sp³-hybridized carbons (Fsp3) is 0.750. The van der Waals surface area contributed by atoms with Crippen molar-refractivity contribution >= 4 is 0 Å². The van der Waals surface area contributed by atoms with E-state index < -0.39 is 0 Å². The normalized spacial score (nSPS) is 22.4. The van der Waals surface area contributed by atoms with Gasteiger partial charge in [-0.1, -0.05) is 6.58 Å². The topological polar surface area (TPSA) is 12.0 Å². The lowest BCUT2D eigenvalue weighted by molar-refractivity contribution is 0.228. The van der Waals surface area contributed by atoms with E-state index in [1.165, 1.54) is 19.3 Å². The van der Waals surface area contributed by atoms with Crippen molar-refractivity contribution in [2.45, 2.75) is 38.6 Å². The van der Waals surface area contributed by atoms with Crippen LogP contribution in [-0.4, -0.2) is 5.54 Å². The summed E-state index contributed by atoms with van der Waals surface area (Å²) in [6.07, 6.45) is 3.98. The molecular formula is C8H15N. The van der Waals surface area contributed by atoms with Gasteiger partial charge < -0.3 is 5.32 Å². The molecule has 1 N–H and O–H groups in total. The first kappa shape index (κ1) is 6.66. The van der Waals surface area contributed by atoms with Crippen LogP contribution in [0.1, 0.15) is 33.1 Å². The average Bonchev–Trinajstić information content (AvgIpc) is 1.60. The third kappa shape index (κ3) is 1.47. The van der Waals surface area contributed by atoms with E-state index in [9.17, 15) is 0 Å². The minimum Gasteiger partial charge on any atom is -0.384 e. The Kier molecular flexibility index (Phi) is 1.52. The lowest BCUT2D eigenvalue weighted by atomic mass is 9.78. The van der Waals surface area contributed by atoms with Gasteiger partial charge in [0.25, 0.3) is 0 Å². The van der Waals surface area contributed by atoms with E-state index in [2.05, 4.69) is 18.8 Å². The predicted octanol–water partition coefficient (Wildman–Crippen LogP) is 2.05. The molecule has 1 fully saturated rings. The Labute approximate surface area is 57.1 Å². The van der Waals surface area contributed by atoms with Gasteiger partial charge in [0.05, 0.1) is 0 Å². The maximum absolute atomic E-state index is 3.81. The molecule has 1 nitrogen and oxygen atoms in total. The first-order chi connectivity index (χ1) is 4.12. The van der Waals surface area contributed by atoms with Gasteiger partial charge in [-0.15, -0.1) is 0 Å². The van der Waals surface area contributed by atoms with Gasteiger partial charge in [-0.05, 0) is 33.1 Å². The van der Waals surface area contributed by atoms with Gasteiger partial charge in [0.15, 0.2) is 0 Å². The molecule has 52 valence electrons. The molecular weight excluding hydrogens is 110 g/mol. The molecule has 0 aromatic carbocycles. The Bertz CT molecular complexity index is 123. The lowest BCUT2D eigenvalue weighted by Crippen LogP contribution is -2.46. The fourth-order valence-electron chi connectivity index (χ4n) is 1.35. The number of hydrogen-bond acceptors (Lipinski definition) is 1. The maximum Gasteiger partial charge on any atom is 0.0342 e. The van der Waals surface area contributed by atoms with E-state index in [4.69, 9.17) is 0 Å². The van der Waals surface area contributed by atoms with E-state index in [1.54, 1.807) is 0 Å². The van der Waals surface area contributed by atoms with Gasteiger partial charge in [0, 0.05) is 11.2 Å². The lowest BCUT2D eigenvalue weighted by Gasteiger charge is -2.40. The van der Waals surface area contributed by atoms with Crippen LogP contribution in [0.4, 0.5) is 0 Å². The van der Waals surface area contributed by atoms with Crippen LogP contribution in [-0.2, 0) is 0 Å². The monoisotopic (exact) mass is 125 g/mol. The van der Waals surface area contributed by atoms with Gasteiger partial charge in [-0.25, -0.2) is 0 Å². The zero-order valence-corrected chi connectivity index (χ0v) is 6.33. The van der Waals surface area contributed by atoms with Crippen molar-refractivity contribution in [1.29, 1.82) is 0 Å². The highest BCUT2D eigenvalue weighted by Crippen LogP contribution is 2.31. The van der Waals surface area contributed by atoms with Crippen LogP contribution in [0.5, 0.6) is 0 Å². The van der Waals surface area contributed by atoms with Gasteiger partial charge in [-0.3, -0.25) is 0 Å². The second-order valence-electron chi connectivity index (χ2n) is 3.32. The molecule has 0 aromatic heterocycles. The van der Waals surface area contributed by atoms with Crippen LogP contribution in [0.15, 0.2) is 12.3 Å². The smallest absolute Gasteiger partial charge is 0.0342 e. The summed E-state index contributed by atoms with van der Waals surface area (Å²) in [5.41, 5.74) is 1.49. The minimum atomic E-state index is 0.395. The van der Waals surface area contributed by atoms with Crippen LogP contribution in [0, 0.1) is 0 Å². The second kappa shape index (κ2) is 2.05. The highest BCUT2D eigenvalue weighted by molar-refractivity contribution is 5.00. The number of hydrogen-bond donors (Lipinski definition) is 1. The van der Waals surface area contributed by atoms with Crippen molar-refractivity contribution < 1.29 is 0 Å². The zero-order valence-electron chi connectivity index (χ0n) is 6.33. The van der Waals surface area contributed by atoms with Crippen molar-refractivity contribution in [3.8, 4) is 0 Å². The van der Waals surface area contributed by atoms with E-state index in [1.807, 2.05) is 6.92 Å². The molecule has 9 heavy (non-hydrogen) atoms. The Hall–Kier alpha value is -0.460. The van der Waals surface area contributed by atoms with Crippen LogP contribution >= 0.6 is 0 Å². The Morgan fingerprint density at radius 1 is 1.56 bits per heavy atom. The van der Waals surface area contributed by atoms with Crippen molar-refractivity contribution in [3.05, 3.63) is 12.3 Å². The summed E-state index contributed by atoms with van der Waals surface area (Å²) < 4.78 is 0. The summed E-state index contributed by atoms with van der Waals surface area (Å²) in [6.45, 7) is 8.08. The Morgan fingerprint density at radius 3 is 2.22 bits per heavy atom. The molecule has 1 aliphatic carbocycles. The molecule has 0 aliphatic heterocycles. The standard InChI is InChI=1S/C8H15N/c1-7(2)9-8(3)5-4-6-8/h9H,1,4-6H2,2-3H3. The Morgan fingerprint density at radius 2 is 2.11 bits per heavy atom. The van der Waals surface area contributed by atoms with Crippen molar-refractivity contribution in [3.63, 3.8) is 0 Å². The molecule has 1 heteroatoms. The third-order valence-electron chi connectivity index (χ3n) is 1.97. The highest BCUT2D eigenvalue weighted by Gasteiger charge is 2.30. The molecule has 1 aliphatic rings. The molecule has 0 unspecified atom stereocenters. The van der Waals surface area contributed by atoms with Crippen LogP contribution in [0.2, 0.25) is 0 Å². The number of nitrogens with one attached hydrogen (secondary N) is 1. The molecule has 0 saturated heterocycles. The summed E-state index contributed by atoms with van der Waals surface area (Å²) in [5, 5.41) is 3.36. The maximum atomic E-state index is 3.81. The van der Waals surface area contributed by atoms with Crippen LogP contribution < -0.4 is 5.32 Å². The molecule has 0 atom stereocenters. The second-order valence-corrected chi connectivity index (χ2v) is 3.32. The SMILES string of the molecule is C=C(C)NC1(C)CCC1. The molecule has 0 bridgehead atoms. The first-order valence-electron chi connectivity index (χ1n) is 3.56.